The van der Waals surface area contributed by atoms with E-state index in [4.69, 9.17) is 0 Å². The number of allylic oxidation sites excluding steroid dienone is 2. The lowest BCUT2D eigenvalue weighted by molar-refractivity contribution is 0.266. The monoisotopic (exact) mass is 226 g/mol. The van der Waals surface area contributed by atoms with E-state index in [1.807, 2.05) is 0 Å². The molecule has 0 radical (unpaired) electrons. The van der Waals surface area contributed by atoms with Gasteiger partial charge in [0.25, 0.3) is 0 Å². The van der Waals surface area contributed by atoms with Crippen LogP contribution in [0.25, 0.3) is 0 Å². The summed E-state index contributed by atoms with van der Waals surface area (Å²) >= 11 is 0. The third-order valence-electron chi connectivity index (χ3n) is 5.06. The normalized spacial score (nSPS) is 32.7. The maximum Gasteiger partial charge on any atom is -0.00334 e. The minimum Gasteiger partial charge on any atom is -0.0729 e. The molecule has 2 aliphatic carbocycles. The van der Waals surface area contributed by atoms with Gasteiger partial charge in [-0.05, 0) is 49.5 Å². The second-order valence-corrected chi connectivity index (χ2v) is 6.05. The van der Waals surface area contributed by atoms with Crippen molar-refractivity contribution in [3.63, 3.8) is 0 Å². The van der Waals surface area contributed by atoms with Gasteiger partial charge in [0.2, 0.25) is 0 Å². The van der Waals surface area contributed by atoms with Crippen LogP contribution >= 0.6 is 0 Å². The van der Waals surface area contributed by atoms with E-state index in [-0.39, 0.29) is 0 Å². The van der Waals surface area contributed by atoms with Crippen LogP contribution in [0.15, 0.2) is 41.5 Å². The minimum atomic E-state index is 0.462. The van der Waals surface area contributed by atoms with Crippen LogP contribution in [0.3, 0.4) is 0 Å². The fourth-order valence-electron chi connectivity index (χ4n) is 4.14. The summed E-state index contributed by atoms with van der Waals surface area (Å²) in [7, 11) is 0. The van der Waals surface area contributed by atoms with Crippen molar-refractivity contribution in [3.05, 3.63) is 47.0 Å². The highest BCUT2D eigenvalue weighted by atomic mass is 14.5. The Labute approximate surface area is 105 Å². The van der Waals surface area contributed by atoms with Gasteiger partial charge in [-0.25, -0.2) is 0 Å². The maximum atomic E-state index is 2.51. The lowest BCUT2D eigenvalue weighted by Crippen LogP contribution is -2.26. The molecular weight excluding hydrogens is 204 g/mol. The fourth-order valence-corrected chi connectivity index (χ4v) is 4.14. The highest BCUT2D eigenvalue weighted by Gasteiger charge is 2.44. The first-order valence-corrected chi connectivity index (χ1v) is 6.96. The van der Waals surface area contributed by atoms with Gasteiger partial charge in [-0.1, -0.05) is 54.8 Å². The highest BCUT2D eigenvalue weighted by Crippen LogP contribution is 2.58. The molecule has 0 bridgehead atoms. The number of hydrogen-bond donors (Lipinski definition) is 0. The predicted molar refractivity (Wildman–Crippen MR) is 73.1 cm³/mol. The zero-order valence-corrected chi connectivity index (χ0v) is 11.0. The van der Waals surface area contributed by atoms with Crippen molar-refractivity contribution in [2.45, 2.75) is 51.9 Å². The Balaban J connectivity index is 2.00. The molecule has 1 fully saturated rings. The number of fused-ring (bicyclic) bond motifs is 1. The minimum absolute atomic E-state index is 0.462. The van der Waals surface area contributed by atoms with Crippen LogP contribution in [0, 0.1) is 5.41 Å². The van der Waals surface area contributed by atoms with Gasteiger partial charge in [0.15, 0.2) is 0 Å². The van der Waals surface area contributed by atoms with E-state index in [9.17, 15) is 0 Å². The molecule has 90 valence electrons. The maximum absolute atomic E-state index is 2.51. The number of benzene rings is 1. The molecule has 2 aliphatic rings. The molecule has 0 heterocycles. The summed E-state index contributed by atoms with van der Waals surface area (Å²) in [6.07, 6.45) is 6.85. The molecule has 17 heavy (non-hydrogen) atoms. The van der Waals surface area contributed by atoms with Crippen LogP contribution in [0.2, 0.25) is 0 Å². The summed E-state index contributed by atoms with van der Waals surface area (Å²) in [5, 5.41) is 0. The molecule has 0 aliphatic heterocycles. The first-order valence-electron chi connectivity index (χ1n) is 6.96. The molecule has 0 heteroatoms. The summed E-state index contributed by atoms with van der Waals surface area (Å²) in [5.41, 5.74) is 5.48. The molecule has 0 unspecified atom stereocenters. The zero-order valence-electron chi connectivity index (χ0n) is 11.0. The molecule has 0 saturated heterocycles. The Kier molecular flexibility index (Phi) is 2.61. The number of rotatable bonds is 1. The van der Waals surface area contributed by atoms with Gasteiger partial charge >= 0.3 is 0 Å². The molecule has 0 aromatic heterocycles. The van der Waals surface area contributed by atoms with Crippen LogP contribution in [0.5, 0.6) is 0 Å². The van der Waals surface area contributed by atoms with Crippen LogP contribution in [-0.2, 0) is 0 Å². The van der Waals surface area contributed by atoms with Crippen LogP contribution in [0.4, 0.5) is 0 Å². The lowest BCUT2D eigenvalue weighted by atomic mass is 9.65. The van der Waals surface area contributed by atoms with Gasteiger partial charge < -0.3 is 0 Å². The Morgan fingerprint density at radius 3 is 2.65 bits per heavy atom. The van der Waals surface area contributed by atoms with Crippen molar-refractivity contribution in [2.75, 3.05) is 0 Å². The number of hydrogen-bond acceptors (Lipinski definition) is 0. The van der Waals surface area contributed by atoms with E-state index in [2.05, 4.69) is 44.2 Å². The first kappa shape index (κ1) is 11.1. The summed E-state index contributed by atoms with van der Waals surface area (Å²) < 4.78 is 0. The fraction of sp³-hybridized carbons (Fsp3) is 0.529. The highest BCUT2D eigenvalue weighted by molar-refractivity contribution is 5.38. The molecule has 3 rings (SSSR count). The first-order chi connectivity index (χ1) is 8.22. The summed E-state index contributed by atoms with van der Waals surface area (Å²) in [4.78, 5) is 0. The standard InChI is InChI=1S/C17H22/c1-13-12-16(14-8-4-3-5-9-14)17(2)11-7-6-10-15(13)17/h3-5,8-9,16H,6-7,10-12H2,1-2H3/t16-,17+/m0/s1. The molecule has 0 nitrogen and oxygen atoms in total. The molecule has 1 aromatic rings. The SMILES string of the molecule is CC1=C2CCCC[C@@]2(C)[C@H](c2ccccc2)C1. The van der Waals surface area contributed by atoms with E-state index < -0.39 is 0 Å². The van der Waals surface area contributed by atoms with Crippen molar-refractivity contribution >= 4 is 0 Å². The average molecular weight is 226 g/mol. The van der Waals surface area contributed by atoms with Crippen LogP contribution in [-0.4, -0.2) is 0 Å². The Bertz CT molecular complexity index is 440. The van der Waals surface area contributed by atoms with E-state index in [0.29, 0.717) is 5.41 Å². The molecule has 0 spiro atoms. The Hall–Kier alpha value is -1.04. The van der Waals surface area contributed by atoms with Gasteiger partial charge in [-0.15, -0.1) is 0 Å². The van der Waals surface area contributed by atoms with Gasteiger partial charge in [0, 0.05) is 0 Å². The molecule has 2 atom stereocenters. The molecule has 0 N–H and O–H groups in total. The zero-order chi connectivity index (χ0) is 11.9. The predicted octanol–water partition coefficient (Wildman–Crippen LogP) is 5.07. The van der Waals surface area contributed by atoms with E-state index >= 15 is 0 Å². The van der Waals surface area contributed by atoms with Gasteiger partial charge in [0.1, 0.15) is 0 Å². The van der Waals surface area contributed by atoms with Crippen molar-refractivity contribution in [2.24, 2.45) is 5.41 Å². The second-order valence-electron chi connectivity index (χ2n) is 6.05. The smallest absolute Gasteiger partial charge is 0.00334 e. The molecule has 1 saturated carbocycles. The quantitative estimate of drug-likeness (QED) is 0.586. The molecule has 0 amide bonds. The van der Waals surface area contributed by atoms with Gasteiger partial charge in [-0.3, -0.25) is 0 Å². The topological polar surface area (TPSA) is 0 Å². The van der Waals surface area contributed by atoms with E-state index in [0.717, 1.165) is 5.92 Å². The summed E-state index contributed by atoms with van der Waals surface area (Å²) in [6, 6.07) is 11.1. The van der Waals surface area contributed by atoms with Crippen molar-refractivity contribution in [1.29, 1.82) is 0 Å². The summed E-state index contributed by atoms with van der Waals surface area (Å²) in [5.74, 6) is 0.735. The Morgan fingerprint density at radius 1 is 1.12 bits per heavy atom. The average Bonchev–Trinajstić information content (AvgIpc) is 2.63. The van der Waals surface area contributed by atoms with Crippen molar-refractivity contribution in [3.8, 4) is 0 Å². The third kappa shape index (κ3) is 1.66. The van der Waals surface area contributed by atoms with Crippen molar-refractivity contribution < 1.29 is 0 Å². The second kappa shape index (κ2) is 4.01. The van der Waals surface area contributed by atoms with Gasteiger partial charge in [0.05, 0.1) is 0 Å². The van der Waals surface area contributed by atoms with E-state index in [1.165, 1.54) is 32.1 Å². The largest absolute Gasteiger partial charge is 0.0729 e. The molecule has 1 aromatic carbocycles. The van der Waals surface area contributed by atoms with Crippen LogP contribution in [0.1, 0.15) is 57.4 Å². The van der Waals surface area contributed by atoms with E-state index in [1.54, 1.807) is 16.7 Å². The van der Waals surface area contributed by atoms with Crippen molar-refractivity contribution in [1.82, 2.24) is 0 Å². The molecular formula is C17H22. The Morgan fingerprint density at radius 2 is 1.88 bits per heavy atom. The third-order valence-corrected chi connectivity index (χ3v) is 5.06. The summed E-state index contributed by atoms with van der Waals surface area (Å²) in [6.45, 7) is 4.87. The van der Waals surface area contributed by atoms with Gasteiger partial charge in [-0.2, -0.15) is 0 Å². The lowest BCUT2D eigenvalue weighted by Gasteiger charge is -2.39. The van der Waals surface area contributed by atoms with Crippen LogP contribution < -0.4 is 0 Å².